The van der Waals surface area contributed by atoms with E-state index in [2.05, 4.69) is 64.7 Å². The number of anilines is 1. The van der Waals surface area contributed by atoms with Gasteiger partial charge in [0.15, 0.2) is 5.82 Å². The molecule has 5 heteroatoms. The third-order valence-electron chi connectivity index (χ3n) is 5.13. The van der Waals surface area contributed by atoms with Crippen molar-refractivity contribution in [1.82, 2.24) is 15.2 Å². The first-order chi connectivity index (χ1) is 12.6. The zero-order chi connectivity index (χ0) is 18.1. The molecular weight excluding hydrogens is 324 g/mol. The van der Waals surface area contributed by atoms with E-state index in [1.165, 1.54) is 5.56 Å². The van der Waals surface area contributed by atoms with E-state index < -0.39 is 0 Å². The van der Waals surface area contributed by atoms with Crippen LogP contribution in [0.2, 0.25) is 0 Å². The quantitative estimate of drug-likeness (QED) is 0.757. The van der Waals surface area contributed by atoms with Crippen LogP contribution in [0.3, 0.4) is 0 Å². The summed E-state index contributed by atoms with van der Waals surface area (Å²) in [6, 6.07) is 12.5. The molecule has 0 saturated carbocycles. The summed E-state index contributed by atoms with van der Waals surface area (Å²) in [7, 11) is 0. The smallest absolute Gasteiger partial charge is 0.156 e. The molecule has 1 aliphatic rings. The van der Waals surface area contributed by atoms with E-state index in [1.54, 1.807) is 0 Å². The molecule has 0 amide bonds. The van der Waals surface area contributed by atoms with Gasteiger partial charge in [-0.05, 0) is 24.6 Å². The van der Waals surface area contributed by atoms with E-state index in [1.807, 2.05) is 19.2 Å². The number of aryl methyl sites for hydroxylation is 1. The van der Waals surface area contributed by atoms with Gasteiger partial charge in [-0.3, -0.25) is 4.98 Å². The summed E-state index contributed by atoms with van der Waals surface area (Å²) < 4.78 is 5.34. The van der Waals surface area contributed by atoms with Crippen LogP contribution in [0.25, 0.3) is 10.8 Å². The van der Waals surface area contributed by atoms with Crippen LogP contribution >= 0.6 is 0 Å². The maximum atomic E-state index is 5.34. The summed E-state index contributed by atoms with van der Waals surface area (Å²) in [6.45, 7) is 8.83. The average molecular weight is 348 g/mol. The number of benzene rings is 1. The van der Waals surface area contributed by atoms with Crippen LogP contribution in [0.5, 0.6) is 0 Å². The molecule has 0 aliphatic carbocycles. The molecule has 1 fully saturated rings. The third-order valence-corrected chi connectivity index (χ3v) is 5.13. The minimum atomic E-state index is 0.153. The lowest BCUT2D eigenvalue weighted by molar-refractivity contribution is -0.0924. The average Bonchev–Trinajstić information content (AvgIpc) is 2.64. The lowest BCUT2D eigenvalue weighted by Gasteiger charge is -2.38. The maximum absolute atomic E-state index is 5.34. The first kappa shape index (κ1) is 16.9. The summed E-state index contributed by atoms with van der Waals surface area (Å²) in [4.78, 5) is 4.30. The van der Waals surface area contributed by atoms with Gasteiger partial charge in [0.25, 0.3) is 0 Å². The van der Waals surface area contributed by atoms with E-state index in [9.17, 15) is 0 Å². The van der Waals surface area contributed by atoms with E-state index in [-0.39, 0.29) is 11.3 Å². The molecule has 1 saturated heterocycles. The number of ether oxygens (including phenoxy) is 1. The van der Waals surface area contributed by atoms with Crippen LogP contribution < -0.4 is 5.32 Å². The van der Waals surface area contributed by atoms with E-state index >= 15 is 0 Å². The molecule has 0 spiro atoms. The van der Waals surface area contributed by atoms with Crippen molar-refractivity contribution in [3.05, 3.63) is 59.5 Å². The molecule has 1 aromatic carbocycles. The number of nitrogens with zero attached hydrogens (tertiary/aromatic N) is 3. The molecule has 0 bridgehead atoms. The van der Waals surface area contributed by atoms with Crippen LogP contribution in [0, 0.1) is 12.3 Å². The minimum absolute atomic E-state index is 0.153. The summed E-state index contributed by atoms with van der Waals surface area (Å²) in [5, 5.41) is 14.8. The molecule has 1 unspecified atom stereocenters. The Bertz CT molecular complexity index is 936. The Hall–Kier alpha value is -2.53. The Kier molecular flexibility index (Phi) is 4.32. The fourth-order valence-corrected chi connectivity index (χ4v) is 3.42. The second-order valence-electron chi connectivity index (χ2n) is 7.59. The van der Waals surface area contributed by atoms with Gasteiger partial charge in [0.05, 0.1) is 18.9 Å². The largest absolute Gasteiger partial charge is 0.380 e. The van der Waals surface area contributed by atoms with Gasteiger partial charge in [-0.25, -0.2) is 0 Å². The summed E-state index contributed by atoms with van der Waals surface area (Å²) >= 11 is 0. The van der Waals surface area contributed by atoms with Crippen molar-refractivity contribution in [3.63, 3.8) is 0 Å². The molecule has 3 aromatic rings. The normalized spacial score (nSPS) is 16.9. The lowest BCUT2D eigenvalue weighted by atomic mass is 9.88. The zero-order valence-corrected chi connectivity index (χ0v) is 15.5. The van der Waals surface area contributed by atoms with Crippen molar-refractivity contribution < 1.29 is 4.74 Å². The topological polar surface area (TPSA) is 59.9 Å². The van der Waals surface area contributed by atoms with Crippen LogP contribution in [0.1, 0.15) is 36.7 Å². The van der Waals surface area contributed by atoms with Crippen LogP contribution in [0.4, 0.5) is 5.82 Å². The fourth-order valence-electron chi connectivity index (χ4n) is 3.42. The Labute approximate surface area is 153 Å². The van der Waals surface area contributed by atoms with Gasteiger partial charge in [0.1, 0.15) is 0 Å². The van der Waals surface area contributed by atoms with Gasteiger partial charge in [-0.1, -0.05) is 38.1 Å². The molecular formula is C21H24N4O. The highest BCUT2D eigenvalue weighted by atomic mass is 16.5. The highest BCUT2D eigenvalue weighted by molar-refractivity contribution is 5.93. The van der Waals surface area contributed by atoms with E-state index in [0.717, 1.165) is 47.7 Å². The van der Waals surface area contributed by atoms with Crippen LogP contribution in [0.15, 0.2) is 42.6 Å². The van der Waals surface area contributed by atoms with Gasteiger partial charge in [0, 0.05) is 40.5 Å². The fraction of sp³-hybridized carbons (Fsp3) is 0.381. The molecule has 0 radical (unpaired) electrons. The second kappa shape index (κ2) is 6.65. The van der Waals surface area contributed by atoms with Crippen molar-refractivity contribution in [2.45, 2.75) is 26.7 Å². The van der Waals surface area contributed by atoms with Crippen molar-refractivity contribution in [2.75, 3.05) is 25.1 Å². The number of fused-ring (bicyclic) bond motifs is 1. The second-order valence-corrected chi connectivity index (χ2v) is 7.59. The molecule has 1 atom stereocenters. The Balaban J connectivity index is 1.69. The molecule has 26 heavy (non-hydrogen) atoms. The Morgan fingerprint density at radius 2 is 1.92 bits per heavy atom. The summed E-state index contributed by atoms with van der Waals surface area (Å²) in [5.41, 5.74) is 3.40. The number of pyridine rings is 1. The molecule has 4 rings (SSSR count). The highest BCUT2D eigenvalue weighted by Crippen LogP contribution is 2.32. The van der Waals surface area contributed by atoms with Crippen molar-refractivity contribution in [2.24, 2.45) is 5.41 Å². The van der Waals surface area contributed by atoms with Gasteiger partial charge < -0.3 is 10.1 Å². The first-order valence-electron chi connectivity index (χ1n) is 9.05. The highest BCUT2D eigenvalue weighted by Gasteiger charge is 2.33. The number of rotatable bonds is 5. The molecule has 2 aromatic heterocycles. The summed E-state index contributed by atoms with van der Waals surface area (Å²) in [5.74, 6) is 0.997. The predicted octanol–water partition coefficient (Wildman–Crippen LogP) is 3.93. The Morgan fingerprint density at radius 3 is 2.62 bits per heavy atom. The monoisotopic (exact) mass is 348 g/mol. The minimum Gasteiger partial charge on any atom is -0.380 e. The van der Waals surface area contributed by atoms with Crippen molar-refractivity contribution >= 4 is 16.6 Å². The number of hydrogen-bond acceptors (Lipinski definition) is 5. The molecule has 3 heterocycles. The van der Waals surface area contributed by atoms with Gasteiger partial charge in [-0.15, -0.1) is 5.10 Å². The SMILES string of the molecule is Cc1cc(C(C)c2nnc(NCC3(C)COC3)c3ccccc23)ccn1. The standard InChI is InChI=1S/C21H24N4O/c1-14-10-16(8-9-22-14)15(2)19-17-6-4-5-7-18(17)20(25-24-19)23-11-21(3)12-26-13-21/h4-10,15H,11-13H2,1-3H3,(H,23,25). The van der Waals surface area contributed by atoms with Crippen LogP contribution in [-0.2, 0) is 4.74 Å². The van der Waals surface area contributed by atoms with E-state index in [0.29, 0.717) is 0 Å². The summed E-state index contributed by atoms with van der Waals surface area (Å²) in [6.07, 6.45) is 1.86. The molecule has 1 N–H and O–H groups in total. The number of hydrogen-bond donors (Lipinski definition) is 1. The van der Waals surface area contributed by atoms with E-state index in [4.69, 9.17) is 4.74 Å². The number of nitrogens with one attached hydrogen (secondary N) is 1. The van der Waals surface area contributed by atoms with Gasteiger partial charge >= 0.3 is 0 Å². The van der Waals surface area contributed by atoms with Gasteiger partial charge in [0.2, 0.25) is 0 Å². The first-order valence-corrected chi connectivity index (χ1v) is 9.05. The van der Waals surface area contributed by atoms with Gasteiger partial charge in [-0.2, -0.15) is 5.10 Å². The number of aromatic nitrogens is 3. The lowest BCUT2D eigenvalue weighted by Crippen LogP contribution is -2.45. The van der Waals surface area contributed by atoms with Crippen molar-refractivity contribution in [3.8, 4) is 0 Å². The third kappa shape index (κ3) is 3.15. The molecule has 1 aliphatic heterocycles. The molecule has 5 nitrogen and oxygen atoms in total. The molecule has 134 valence electrons. The zero-order valence-electron chi connectivity index (χ0n) is 15.5. The maximum Gasteiger partial charge on any atom is 0.156 e. The van der Waals surface area contributed by atoms with Crippen molar-refractivity contribution in [1.29, 1.82) is 0 Å². The van der Waals surface area contributed by atoms with Crippen LogP contribution in [-0.4, -0.2) is 34.9 Å². The Morgan fingerprint density at radius 1 is 1.15 bits per heavy atom. The predicted molar refractivity (Wildman–Crippen MR) is 103 cm³/mol.